The lowest BCUT2D eigenvalue weighted by Gasteiger charge is -2.34. The molecule has 1 N–H and O–H groups in total. The van der Waals surface area contributed by atoms with Gasteiger partial charge in [0.25, 0.3) is 5.91 Å². The van der Waals surface area contributed by atoms with Gasteiger partial charge in [0.05, 0.1) is 13.7 Å². The fourth-order valence-corrected chi connectivity index (χ4v) is 2.93. The second-order valence-corrected chi connectivity index (χ2v) is 6.47. The number of benzene rings is 1. The van der Waals surface area contributed by atoms with Crippen molar-refractivity contribution in [3.8, 4) is 11.5 Å². The molecular weight excluding hydrogens is 364 g/mol. The van der Waals surface area contributed by atoms with Gasteiger partial charge in [-0.15, -0.1) is 0 Å². The number of amides is 2. The molecule has 1 saturated heterocycles. The number of hydrogen-bond donors (Lipinski definition) is 1. The predicted molar refractivity (Wildman–Crippen MR) is 101 cm³/mol. The smallest absolute Gasteiger partial charge is 0.260 e. The monoisotopic (exact) mass is 388 g/mol. The molecule has 2 heterocycles. The van der Waals surface area contributed by atoms with Crippen LogP contribution in [-0.4, -0.2) is 73.2 Å². The van der Waals surface area contributed by atoms with E-state index in [1.165, 1.54) is 0 Å². The van der Waals surface area contributed by atoms with E-state index < -0.39 is 0 Å². The van der Waals surface area contributed by atoms with E-state index in [-0.39, 0.29) is 25.0 Å². The number of aryl methyl sites for hydroxylation is 1. The molecule has 0 spiro atoms. The highest BCUT2D eigenvalue weighted by molar-refractivity contribution is 5.91. The number of nitrogens with one attached hydrogen (secondary N) is 1. The summed E-state index contributed by atoms with van der Waals surface area (Å²) < 4.78 is 15.7. The molecule has 0 aliphatic carbocycles. The van der Waals surface area contributed by atoms with Crippen molar-refractivity contribution in [1.82, 2.24) is 15.0 Å². The first-order valence-corrected chi connectivity index (χ1v) is 9.04. The van der Waals surface area contributed by atoms with Crippen molar-refractivity contribution in [1.29, 1.82) is 0 Å². The number of piperazine rings is 1. The molecule has 1 aromatic carbocycles. The van der Waals surface area contributed by atoms with Gasteiger partial charge in [0, 0.05) is 32.2 Å². The topological polar surface area (TPSA) is 97.1 Å². The minimum atomic E-state index is -0.160. The Balaban J connectivity index is 1.40. The van der Waals surface area contributed by atoms with Crippen LogP contribution in [0.2, 0.25) is 0 Å². The molecule has 28 heavy (non-hydrogen) atoms. The van der Waals surface area contributed by atoms with Crippen LogP contribution >= 0.6 is 0 Å². The molecule has 2 amide bonds. The van der Waals surface area contributed by atoms with Gasteiger partial charge in [-0.05, 0) is 19.1 Å². The average Bonchev–Trinajstić information content (AvgIpc) is 3.11. The Kier molecular flexibility index (Phi) is 6.49. The Bertz CT molecular complexity index is 814. The molecule has 150 valence electrons. The van der Waals surface area contributed by atoms with Gasteiger partial charge in [-0.3, -0.25) is 14.5 Å². The summed E-state index contributed by atoms with van der Waals surface area (Å²) >= 11 is 0. The number of aromatic nitrogens is 1. The van der Waals surface area contributed by atoms with E-state index >= 15 is 0 Å². The molecule has 1 aliphatic rings. The summed E-state index contributed by atoms with van der Waals surface area (Å²) in [5, 5.41) is 6.44. The third kappa shape index (κ3) is 5.23. The van der Waals surface area contributed by atoms with Crippen molar-refractivity contribution in [2.45, 2.75) is 6.92 Å². The summed E-state index contributed by atoms with van der Waals surface area (Å²) in [6.07, 6.45) is 0. The first-order valence-electron chi connectivity index (χ1n) is 9.04. The predicted octanol–water partition coefficient (Wildman–Crippen LogP) is 1.15. The van der Waals surface area contributed by atoms with E-state index in [4.69, 9.17) is 14.0 Å². The lowest BCUT2D eigenvalue weighted by molar-refractivity contribution is -0.135. The lowest BCUT2D eigenvalue weighted by atomic mass is 10.3. The zero-order valence-electron chi connectivity index (χ0n) is 16.0. The van der Waals surface area contributed by atoms with E-state index in [2.05, 4.69) is 10.5 Å². The summed E-state index contributed by atoms with van der Waals surface area (Å²) in [5.41, 5.74) is 0. The quantitative estimate of drug-likeness (QED) is 0.760. The molecule has 3 rings (SSSR count). The molecule has 0 atom stereocenters. The SMILES string of the molecule is COc1ccccc1OCC(=O)N1CCN(CC(=O)Nc2cc(C)on2)CC1. The Morgan fingerprint density at radius 2 is 1.89 bits per heavy atom. The highest BCUT2D eigenvalue weighted by atomic mass is 16.5. The molecule has 9 nitrogen and oxygen atoms in total. The molecular formula is C19H24N4O5. The Hall–Kier alpha value is -3.07. The summed E-state index contributed by atoms with van der Waals surface area (Å²) in [6, 6.07) is 8.87. The first-order chi connectivity index (χ1) is 13.5. The van der Waals surface area contributed by atoms with Crippen molar-refractivity contribution < 1.29 is 23.6 Å². The van der Waals surface area contributed by atoms with Crippen LogP contribution in [0.4, 0.5) is 5.82 Å². The Labute approximate surface area is 163 Å². The molecule has 0 radical (unpaired) electrons. The minimum absolute atomic E-state index is 0.0492. The maximum Gasteiger partial charge on any atom is 0.260 e. The third-order valence-corrected chi connectivity index (χ3v) is 4.41. The van der Waals surface area contributed by atoms with Crippen LogP contribution in [0.25, 0.3) is 0 Å². The second kappa shape index (κ2) is 9.23. The van der Waals surface area contributed by atoms with E-state index in [9.17, 15) is 9.59 Å². The molecule has 0 saturated carbocycles. The molecule has 2 aromatic rings. The Morgan fingerprint density at radius 3 is 2.54 bits per heavy atom. The maximum atomic E-state index is 12.4. The fraction of sp³-hybridized carbons (Fsp3) is 0.421. The van der Waals surface area contributed by atoms with Crippen molar-refractivity contribution >= 4 is 17.6 Å². The van der Waals surface area contributed by atoms with Gasteiger partial charge < -0.3 is 24.2 Å². The van der Waals surface area contributed by atoms with Crippen molar-refractivity contribution in [3.63, 3.8) is 0 Å². The summed E-state index contributed by atoms with van der Waals surface area (Å²) in [7, 11) is 1.56. The summed E-state index contributed by atoms with van der Waals surface area (Å²) in [5.74, 6) is 1.92. The van der Waals surface area contributed by atoms with Crippen LogP contribution in [0.5, 0.6) is 11.5 Å². The number of nitrogens with zero attached hydrogens (tertiary/aromatic N) is 3. The van der Waals surface area contributed by atoms with Gasteiger partial charge in [-0.2, -0.15) is 0 Å². The molecule has 1 aliphatic heterocycles. The number of para-hydroxylation sites is 2. The molecule has 1 aromatic heterocycles. The second-order valence-electron chi connectivity index (χ2n) is 6.47. The standard InChI is InChI=1S/C19H24N4O5/c1-14-11-17(21-28-14)20-18(24)12-22-7-9-23(10-8-22)19(25)13-27-16-6-4-3-5-15(16)26-2/h3-6,11H,7-10,12-13H2,1-2H3,(H,20,21,24). The minimum Gasteiger partial charge on any atom is -0.493 e. The largest absolute Gasteiger partial charge is 0.493 e. The fourth-order valence-electron chi connectivity index (χ4n) is 2.93. The molecule has 0 unspecified atom stereocenters. The first kappa shape index (κ1) is 19.7. The number of anilines is 1. The summed E-state index contributed by atoms with van der Waals surface area (Å²) in [6.45, 7) is 4.28. The van der Waals surface area contributed by atoms with Crippen molar-refractivity contribution in [2.75, 3.05) is 51.8 Å². The zero-order chi connectivity index (χ0) is 19.9. The van der Waals surface area contributed by atoms with Gasteiger partial charge in [-0.25, -0.2) is 0 Å². The van der Waals surface area contributed by atoms with Crippen LogP contribution in [0, 0.1) is 6.92 Å². The van der Waals surface area contributed by atoms with Gasteiger partial charge in [0.15, 0.2) is 23.9 Å². The number of carbonyl (C=O) groups excluding carboxylic acids is 2. The number of methoxy groups -OCH3 is 1. The van der Waals surface area contributed by atoms with Crippen LogP contribution in [-0.2, 0) is 9.59 Å². The number of rotatable bonds is 7. The van der Waals surface area contributed by atoms with Crippen LogP contribution in [0.1, 0.15) is 5.76 Å². The lowest BCUT2D eigenvalue weighted by Crippen LogP contribution is -2.51. The number of ether oxygens (including phenoxy) is 2. The highest BCUT2D eigenvalue weighted by Gasteiger charge is 2.23. The average molecular weight is 388 g/mol. The summed E-state index contributed by atoms with van der Waals surface area (Å²) in [4.78, 5) is 28.2. The molecule has 1 fully saturated rings. The van der Waals surface area contributed by atoms with E-state index in [1.54, 1.807) is 37.1 Å². The van der Waals surface area contributed by atoms with Gasteiger partial charge >= 0.3 is 0 Å². The molecule has 9 heteroatoms. The number of hydrogen-bond acceptors (Lipinski definition) is 7. The normalized spacial score (nSPS) is 14.6. The van der Waals surface area contributed by atoms with Crippen molar-refractivity contribution in [2.24, 2.45) is 0 Å². The van der Waals surface area contributed by atoms with E-state index in [1.807, 2.05) is 17.0 Å². The highest BCUT2D eigenvalue weighted by Crippen LogP contribution is 2.25. The van der Waals surface area contributed by atoms with Gasteiger partial charge in [0.1, 0.15) is 5.76 Å². The third-order valence-electron chi connectivity index (χ3n) is 4.41. The van der Waals surface area contributed by atoms with E-state index in [0.717, 1.165) is 0 Å². The van der Waals surface area contributed by atoms with Crippen LogP contribution < -0.4 is 14.8 Å². The van der Waals surface area contributed by atoms with Crippen LogP contribution in [0.15, 0.2) is 34.9 Å². The van der Waals surface area contributed by atoms with Gasteiger partial charge in [0.2, 0.25) is 5.91 Å². The van der Waals surface area contributed by atoms with E-state index in [0.29, 0.717) is 49.3 Å². The number of carbonyl (C=O) groups is 2. The zero-order valence-corrected chi connectivity index (χ0v) is 16.0. The van der Waals surface area contributed by atoms with Crippen LogP contribution in [0.3, 0.4) is 0 Å². The molecule has 0 bridgehead atoms. The van der Waals surface area contributed by atoms with Gasteiger partial charge in [-0.1, -0.05) is 17.3 Å². The Morgan fingerprint density at radius 1 is 1.18 bits per heavy atom. The van der Waals surface area contributed by atoms with Crippen molar-refractivity contribution in [3.05, 3.63) is 36.1 Å². The maximum absolute atomic E-state index is 12.4.